The highest BCUT2D eigenvalue weighted by molar-refractivity contribution is 7.10. The summed E-state index contributed by atoms with van der Waals surface area (Å²) in [6.45, 7) is 4.37. The maximum Gasteiger partial charge on any atom is 0.384 e. The largest absolute Gasteiger partial charge is 0.456 e. The predicted molar refractivity (Wildman–Crippen MR) is 75.7 cm³/mol. The highest BCUT2D eigenvalue weighted by atomic mass is 32.1. The lowest BCUT2D eigenvalue weighted by atomic mass is 10.1. The first-order valence-corrected chi connectivity index (χ1v) is 7.41. The molecule has 0 bridgehead atoms. The molecule has 0 spiro atoms. The van der Waals surface area contributed by atoms with Gasteiger partial charge >= 0.3 is 5.97 Å². The van der Waals surface area contributed by atoms with Crippen molar-refractivity contribution in [3.8, 4) is 11.8 Å². The molecule has 98 valence electrons. The minimum atomic E-state index is -0.442. The number of carbonyl (C=O) groups excluding carboxylic acids is 1. The van der Waals surface area contributed by atoms with Crippen LogP contribution < -0.4 is 0 Å². The van der Waals surface area contributed by atoms with E-state index < -0.39 is 5.97 Å². The Morgan fingerprint density at radius 3 is 2.89 bits per heavy atom. The summed E-state index contributed by atoms with van der Waals surface area (Å²) in [5.41, 5.74) is 1.26. The Balaban J connectivity index is 2.51. The minimum Gasteiger partial charge on any atom is -0.456 e. The Morgan fingerprint density at radius 1 is 1.33 bits per heavy atom. The first-order valence-electron chi connectivity index (χ1n) is 6.53. The van der Waals surface area contributed by atoms with Crippen molar-refractivity contribution in [1.29, 1.82) is 0 Å². The second-order valence-corrected chi connectivity index (χ2v) is 4.97. The Labute approximate surface area is 113 Å². The standard InChI is InChI=1S/C15H20O2S/c1-3-5-6-7-8-13-11-12-18-14(13)9-10-15(16)17-4-2/h11-12H,3-8H2,1-2H3. The van der Waals surface area contributed by atoms with Gasteiger partial charge in [0.2, 0.25) is 0 Å². The highest BCUT2D eigenvalue weighted by Gasteiger charge is 2.02. The van der Waals surface area contributed by atoms with Crippen molar-refractivity contribution >= 4 is 17.3 Å². The van der Waals surface area contributed by atoms with Gasteiger partial charge in [0.1, 0.15) is 0 Å². The van der Waals surface area contributed by atoms with E-state index in [9.17, 15) is 4.79 Å². The van der Waals surface area contributed by atoms with Crippen molar-refractivity contribution in [2.45, 2.75) is 46.0 Å². The van der Waals surface area contributed by atoms with Crippen LogP contribution in [-0.2, 0) is 16.0 Å². The molecule has 0 aliphatic heterocycles. The molecule has 0 N–H and O–H groups in total. The lowest BCUT2D eigenvalue weighted by Gasteiger charge is -1.99. The maximum atomic E-state index is 11.2. The lowest BCUT2D eigenvalue weighted by Crippen LogP contribution is -1.99. The van der Waals surface area contributed by atoms with E-state index in [1.807, 2.05) is 5.38 Å². The Kier molecular flexibility index (Phi) is 7.20. The fraction of sp³-hybridized carbons (Fsp3) is 0.533. The van der Waals surface area contributed by atoms with Crippen LogP contribution in [0.4, 0.5) is 0 Å². The summed E-state index contributed by atoms with van der Waals surface area (Å²) in [4.78, 5) is 12.2. The zero-order valence-electron chi connectivity index (χ0n) is 11.1. The summed E-state index contributed by atoms with van der Waals surface area (Å²) in [5, 5.41) is 2.03. The molecule has 0 fully saturated rings. The molecule has 0 radical (unpaired) electrons. The van der Waals surface area contributed by atoms with E-state index in [1.165, 1.54) is 31.2 Å². The van der Waals surface area contributed by atoms with Gasteiger partial charge in [-0.2, -0.15) is 0 Å². The van der Waals surface area contributed by atoms with Gasteiger partial charge in [0, 0.05) is 5.92 Å². The molecular formula is C15H20O2S. The molecule has 1 aromatic heterocycles. The van der Waals surface area contributed by atoms with Crippen LogP contribution in [0.15, 0.2) is 11.4 Å². The quantitative estimate of drug-likeness (QED) is 0.444. The molecule has 1 rings (SSSR count). The van der Waals surface area contributed by atoms with Gasteiger partial charge in [-0.3, -0.25) is 0 Å². The van der Waals surface area contributed by atoms with Crippen molar-refractivity contribution < 1.29 is 9.53 Å². The normalized spacial score (nSPS) is 9.67. The second kappa shape index (κ2) is 8.77. The molecule has 0 unspecified atom stereocenters. The van der Waals surface area contributed by atoms with Crippen LogP contribution in [0.2, 0.25) is 0 Å². The van der Waals surface area contributed by atoms with Gasteiger partial charge in [-0.05, 0) is 42.7 Å². The summed E-state index contributed by atoms with van der Waals surface area (Å²) in [6.07, 6.45) is 6.04. The molecule has 18 heavy (non-hydrogen) atoms. The Bertz CT molecular complexity index is 423. The number of rotatable bonds is 6. The van der Waals surface area contributed by atoms with Crippen molar-refractivity contribution in [2.24, 2.45) is 0 Å². The number of aryl methyl sites for hydroxylation is 1. The molecule has 1 heterocycles. The van der Waals surface area contributed by atoms with Gasteiger partial charge in [-0.25, -0.2) is 4.79 Å². The summed E-state index contributed by atoms with van der Waals surface area (Å²) >= 11 is 1.59. The molecule has 0 atom stereocenters. The minimum absolute atomic E-state index is 0.377. The maximum absolute atomic E-state index is 11.2. The number of hydrogen-bond acceptors (Lipinski definition) is 3. The van der Waals surface area contributed by atoms with E-state index in [0.29, 0.717) is 6.61 Å². The number of hydrogen-bond donors (Lipinski definition) is 0. The van der Waals surface area contributed by atoms with Gasteiger partial charge in [0.05, 0.1) is 11.5 Å². The van der Waals surface area contributed by atoms with Crippen LogP contribution in [0.5, 0.6) is 0 Å². The van der Waals surface area contributed by atoms with Crippen molar-refractivity contribution in [1.82, 2.24) is 0 Å². The third-order valence-corrected chi connectivity index (χ3v) is 3.47. The van der Waals surface area contributed by atoms with Crippen molar-refractivity contribution in [2.75, 3.05) is 6.61 Å². The first kappa shape index (κ1) is 14.8. The highest BCUT2D eigenvalue weighted by Crippen LogP contribution is 2.18. The average Bonchev–Trinajstić information content (AvgIpc) is 2.80. The molecule has 3 heteroatoms. The molecule has 0 saturated heterocycles. The fourth-order valence-corrected chi connectivity index (χ4v) is 2.46. The number of ether oxygens (including phenoxy) is 1. The number of thiophene rings is 1. The van der Waals surface area contributed by atoms with Crippen molar-refractivity contribution in [3.63, 3.8) is 0 Å². The summed E-state index contributed by atoms with van der Waals surface area (Å²) in [6, 6.07) is 2.10. The van der Waals surface area contributed by atoms with Crippen LogP contribution >= 0.6 is 11.3 Å². The van der Waals surface area contributed by atoms with E-state index in [1.54, 1.807) is 18.3 Å². The van der Waals surface area contributed by atoms with Gasteiger partial charge in [-0.15, -0.1) is 11.3 Å². The van der Waals surface area contributed by atoms with Crippen LogP contribution in [0.1, 0.15) is 50.0 Å². The second-order valence-electron chi connectivity index (χ2n) is 4.06. The molecule has 2 nitrogen and oxygen atoms in total. The summed E-state index contributed by atoms with van der Waals surface area (Å²) < 4.78 is 4.79. The van der Waals surface area contributed by atoms with E-state index in [0.717, 1.165) is 11.3 Å². The average molecular weight is 264 g/mol. The third kappa shape index (κ3) is 5.37. The molecule has 0 aromatic carbocycles. The van der Waals surface area contributed by atoms with Crippen LogP contribution in [-0.4, -0.2) is 12.6 Å². The third-order valence-electron chi connectivity index (χ3n) is 2.60. The van der Waals surface area contributed by atoms with E-state index >= 15 is 0 Å². The monoisotopic (exact) mass is 264 g/mol. The molecule has 1 aromatic rings. The number of unbranched alkanes of at least 4 members (excludes halogenated alkanes) is 3. The van der Waals surface area contributed by atoms with Crippen LogP contribution in [0.25, 0.3) is 0 Å². The SMILES string of the molecule is CCCCCCc1ccsc1C#CC(=O)OCC. The molecule has 0 aliphatic carbocycles. The topological polar surface area (TPSA) is 26.3 Å². The number of carbonyl (C=O) groups is 1. The van der Waals surface area contributed by atoms with E-state index in [2.05, 4.69) is 24.8 Å². The number of esters is 1. The van der Waals surface area contributed by atoms with Crippen LogP contribution in [0.3, 0.4) is 0 Å². The van der Waals surface area contributed by atoms with Gasteiger partial charge in [0.25, 0.3) is 0 Å². The lowest BCUT2D eigenvalue weighted by molar-refractivity contribution is -0.136. The van der Waals surface area contributed by atoms with Gasteiger partial charge < -0.3 is 4.74 Å². The molecule has 0 amide bonds. The fourth-order valence-electron chi connectivity index (χ4n) is 1.66. The van der Waals surface area contributed by atoms with E-state index in [4.69, 9.17) is 4.74 Å². The summed E-state index contributed by atoms with van der Waals surface area (Å²) in [5.74, 6) is 5.00. The van der Waals surface area contributed by atoms with Gasteiger partial charge in [-0.1, -0.05) is 26.2 Å². The Hall–Kier alpha value is -1.27. The zero-order chi connectivity index (χ0) is 13.2. The van der Waals surface area contributed by atoms with Gasteiger partial charge in [0.15, 0.2) is 0 Å². The Morgan fingerprint density at radius 2 is 2.17 bits per heavy atom. The molecule has 0 aliphatic rings. The molecular weight excluding hydrogens is 244 g/mol. The van der Waals surface area contributed by atoms with E-state index in [-0.39, 0.29) is 0 Å². The first-order chi connectivity index (χ1) is 8.77. The molecule has 0 saturated carbocycles. The van der Waals surface area contributed by atoms with Crippen LogP contribution in [0, 0.1) is 11.8 Å². The smallest absolute Gasteiger partial charge is 0.384 e. The summed E-state index contributed by atoms with van der Waals surface area (Å²) in [7, 11) is 0. The predicted octanol–water partition coefficient (Wildman–Crippen LogP) is 3.79. The van der Waals surface area contributed by atoms with Crippen molar-refractivity contribution in [3.05, 3.63) is 21.9 Å². The zero-order valence-corrected chi connectivity index (χ0v) is 11.9.